The molecule has 1 unspecified atom stereocenters. The van der Waals surface area contributed by atoms with E-state index >= 15 is 0 Å². The number of allylic oxidation sites excluding steroid dienone is 1. The zero-order chi connectivity index (χ0) is 26.1. The number of Topliss-reactive ketones (excluding diaryl/α,β-unsaturated/α-hetero) is 1. The second-order valence-electron chi connectivity index (χ2n) is 8.54. The Balaban J connectivity index is 1.63. The third kappa shape index (κ3) is 6.95. The number of nitrogens with one attached hydrogen (secondary N) is 1. The Labute approximate surface area is 212 Å². The van der Waals surface area contributed by atoms with Gasteiger partial charge in [-0.1, -0.05) is 32.1 Å². The fraction of sp³-hybridized carbons (Fsp3) is 0.276. The molecule has 3 aromatic rings. The van der Waals surface area contributed by atoms with Crippen LogP contribution in [0.15, 0.2) is 65.9 Å². The highest BCUT2D eigenvalue weighted by Gasteiger charge is 2.13. The average molecular weight is 488 g/mol. The molecular formula is C29H33N3O4. The number of phenolic OH excluding ortho intramolecular Hbond substituents is 1. The van der Waals surface area contributed by atoms with Gasteiger partial charge in [0.25, 0.3) is 0 Å². The Hall–Kier alpha value is -4.13. The number of hydrogen-bond acceptors (Lipinski definition) is 7. The molecule has 7 nitrogen and oxygen atoms in total. The number of phenols is 1. The van der Waals surface area contributed by atoms with E-state index in [0.717, 1.165) is 23.2 Å². The van der Waals surface area contributed by atoms with E-state index in [1.165, 1.54) is 6.92 Å². The summed E-state index contributed by atoms with van der Waals surface area (Å²) in [7, 11) is 0. The lowest BCUT2D eigenvalue weighted by atomic mass is 10.1. The van der Waals surface area contributed by atoms with E-state index in [1.54, 1.807) is 25.3 Å². The minimum Gasteiger partial charge on any atom is -0.507 e. The molecule has 0 radical (unpaired) electrons. The smallest absolute Gasteiger partial charge is 0.219 e. The van der Waals surface area contributed by atoms with E-state index in [-0.39, 0.29) is 17.1 Å². The molecule has 0 spiro atoms. The van der Waals surface area contributed by atoms with Gasteiger partial charge >= 0.3 is 0 Å². The van der Waals surface area contributed by atoms with Gasteiger partial charge in [-0.05, 0) is 69.0 Å². The van der Waals surface area contributed by atoms with Gasteiger partial charge < -0.3 is 14.6 Å². The number of rotatable bonds is 11. The number of ketones is 1. The Morgan fingerprint density at radius 2 is 1.94 bits per heavy atom. The molecule has 0 aliphatic heterocycles. The number of aromatic hydroxyl groups is 1. The highest BCUT2D eigenvalue weighted by molar-refractivity contribution is 5.97. The molecule has 36 heavy (non-hydrogen) atoms. The van der Waals surface area contributed by atoms with Crippen LogP contribution >= 0.6 is 0 Å². The summed E-state index contributed by atoms with van der Waals surface area (Å²) in [5, 5.41) is 14.6. The number of benzene rings is 2. The molecule has 188 valence electrons. The predicted molar refractivity (Wildman–Crippen MR) is 143 cm³/mol. The van der Waals surface area contributed by atoms with E-state index in [9.17, 15) is 9.90 Å². The Kier molecular flexibility index (Phi) is 9.22. The van der Waals surface area contributed by atoms with E-state index in [0.29, 0.717) is 35.5 Å². The van der Waals surface area contributed by atoms with Gasteiger partial charge in [0.15, 0.2) is 5.78 Å². The first-order chi connectivity index (χ1) is 17.3. The van der Waals surface area contributed by atoms with Gasteiger partial charge in [-0.3, -0.25) is 10.2 Å². The van der Waals surface area contributed by atoms with Crippen LogP contribution in [0.2, 0.25) is 0 Å². The van der Waals surface area contributed by atoms with Gasteiger partial charge in [0.05, 0.1) is 11.3 Å². The lowest BCUT2D eigenvalue weighted by molar-refractivity contribution is 0.101. The summed E-state index contributed by atoms with van der Waals surface area (Å²) in [6.45, 7) is 9.65. The van der Waals surface area contributed by atoms with Gasteiger partial charge in [0.1, 0.15) is 23.9 Å². The Bertz CT molecular complexity index is 1250. The zero-order valence-corrected chi connectivity index (χ0v) is 21.4. The number of carbonyl (C=O) groups is 1. The Morgan fingerprint density at radius 1 is 1.19 bits per heavy atom. The molecule has 0 fully saturated rings. The van der Waals surface area contributed by atoms with Crippen LogP contribution < -0.4 is 14.9 Å². The average Bonchev–Trinajstić information content (AvgIpc) is 2.88. The number of pyridine rings is 1. The third-order valence-electron chi connectivity index (χ3n) is 5.79. The topological polar surface area (TPSA) is 93.0 Å². The maximum Gasteiger partial charge on any atom is 0.219 e. The van der Waals surface area contributed by atoms with Gasteiger partial charge in [-0.25, -0.2) is 4.98 Å². The van der Waals surface area contributed by atoms with Crippen LogP contribution in [-0.4, -0.2) is 22.1 Å². The summed E-state index contributed by atoms with van der Waals surface area (Å²) >= 11 is 0. The van der Waals surface area contributed by atoms with Gasteiger partial charge in [0.2, 0.25) is 5.88 Å². The highest BCUT2D eigenvalue weighted by Crippen LogP contribution is 2.31. The summed E-state index contributed by atoms with van der Waals surface area (Å²) in [5.74, 6) is 1.82. The van der Waals surface area contributed by atoms with Crippen LogP contribution in [0, 0.1) is 12.8 Å². The van der Waals surface area contributed by atoms with Crippen molar-refractivity contribution < 1.29 is 19.4 Å². The fourth-order valence-electron chi connectivity index (χ4n) is 3.33. The zero-order valence-electron chi connectivity index (χ0n) is 21.4. The lowest BCUT2D eigenvalue weighted by Crippen LogP contribution is -2.07. The van der Waals surface area contributed by atoms with Crippen molar-refractivity contribution >= 4 is 17.7 Å². The second kappa shape index (κ2) is 12.5. The van der Waals surface area contributed by atoms with Crippen LogP contribution in [0.25, 0.3) is 5.70 Å². The molecular weight excluding hydrogens is 454 g/mol. The normalized spacial score (nSPS) is 12.4. The van der Waals surface area contributed by atoms with E-state index in [4.69, 9.17) is 9.47 Å². The van der Waals surface area contributed by atoms with Crippen molar-refractivity contribution in [2.24, 2.45) is 11.0 Å². The van der Waals surface area contributed by atoms with Crippen LogP contribution in [-0.2, 0) is 6.61 Å². The molecule has 2 N–H and O–H groups in total. The molecule has 0 bridgehead atoms. The molecule has 0 aliphatic carbocycles. The van der Waals surface area contributed by atoms with E-state index < -0.39 is 0 Å². The highest BCUT2D eigenvalue weighted by atomic mass is 16.5. The summed E-state index contributed by atoms with van der Waals surface area (Å²) < 4.78 is 11.8. The molecule has 0 saturated carbocycles. The van der Waals surface area contributed by atoms with E-state index in [2.05, 4.69) is 29.4 Å². The lowest BCUT2D eigenvalue weighted by Gasteiger charge is -2.13. The molecule has 1 aromatic heterocycles. The van der Waals surface area contributed by atoms with Gasteiger partial charge in [-0.2, -0.15) is 5.10 Å². The summed E-state index contributed by atoms with van der Waals surface area (Å²) in [6, 6.07) is 14.5. The molecule has 0 saturated heterocycles. The maximum absolute atomic E-state index is 11.6. The molecule has 1 atom stereocenters. The van der Waals surface area contributed by atoms with Crippen LogP contribution in [0.4, 0.5) is 0 Å². The monoisotopic (exact) mass is 487 g/mol. The number of ether oxygens (including phenoxy) is 2. The van der Waals surface area contributed by atoms with Crippen LogP contribution in [0.3, 0.4) is 0 Å². The molecule has 1 heterocycles. The van der Waals surface area contributed by atoms with Crippen molar-refractivity contribution in [3.63, 3.8) is 0 Å². The number of aromatic nitrogens is 1. The second-order valence-corrected chi connectivity index (χ2v) is 8.54. The number of nitrogens with zero attached hydrogens (tertiary/aromatic N) is 2. The Morgan fingerprint density at radius 3 is 2.61 bits per heavy atom. The first kappa shape index (κ1) is 26.5. The minimum atomic E-state index is -0.189. The van der Waals surface area contributed by atoms with Crippen LogP contribution in [0.5, 0.6) is 23.1 Å². The van der Waals surface area contributed by atoms with E-state index in [1.807, 2.05) is 55.6 Å². The number of carbonyl (C=O) groups excluding carboxylic acids is 1. The van der Waals surface area contributed by atoms with Crippen molar-refractivity contribution in [3.8, 4) is 23.1 Å². The van der Waals surface area contributed by atoms with Crippen molar-refractivity contribution in [1.82, 2.24) is 10.4 Å². The largest absolute Gasteiger partial charge is 0.507 e. The molecule has 0 amide bonds. The summed E-state index contributed by atoms with van der Waals surface area (Å²) in [6.07, 6.45) is 6.59. The quantitative estimate of drug-likeness (QED) is 0.179. The predicted octanol–water partition coefficient (Wildman–Crippen LogP) is 6.65. The van der Waals surface area contributed by atoms with Gasteiger partial charge in [0, 0.05) is 29.6 Å². The van der Waals surface area contributed by atoms with Crippen LogP contribution in [0.1, 0.15) is 61.2 Å². The van der Waals surface area contributed by atoms with Gasteiger partial charge in [-0.15, -0.1) is 0 Å². The fourth-order valence-corrected chi connectivity index (χ4v) is 3.33. The van der Waals surface area contributed by atoms with Crippen molar-refractivity contribution in [3.05, 3.63) is 83.1 Å². The van der Waals surface area contributed by atoms with Crippen molar-refractivity contribution in [2.75, 3.05) is 0 Å². The summed E-state index contributed by atoms with van der Waals surface area (Å²) in [4.78, 5) is 15.9. The molecule has 2 aromatic carbocycles. The molecule has 0 aliphatic rings. The maximum atomic E-state index is 11.6. The first-order valence-corrected chi connectivity index (χ1v) is 12.0. The standard InChI is InChI=1S/C29H33N3O4/c1-6-19(3)17-31-32-26(7-2)23-14-15-30-28(16-23)36-24-10-8-22(9-11-24)18-35-27-13-12-25(21(5)33)29(34)20(27)4/h7-17,19,32,34H,6,18H2,1-5H3/b26-7+,31-17-. The minimum absolute atomic E-state index is 0.0444. The van der Waals surface area contributed by atoms with Crippen molar-refractivity contribution in [2.45, 2.75) is 47.6 Å². The van der Waals surface area contributed by atoms with Crippen molar-refractivity contribution in [1.29, 1.82) is 0 Å². The molecule has 7 heteroatoms. The molecule has 3 rings (SSSR count). The first-order valence-electron chi connectivity index (χ1n) is 12.0. The summed E-state index contributed by atoms with van der Waals surface area (Å²) in [5.41, 5.74) is 6.63. The SMILES string of the molecule is C/C=C(/N/N=C\C(C)CC)c1ccnc(Oc2ccc(COc3ccc(C(C)=O)c(O)c3C)cc2)c1. The number of hydrazone groups is 1. The number of hydrogen-bond donors (Lipinski definition) is 2. The third-order valence-corrected chi connectivity index (χ3v) is 5.79.